The molecule has 0 spiro atoms. The first-order valence-corrected chi connectivity index (χ1v) is 10.9. The Hall–Kier alpha value is -2.34. The quantitative estimate of drug-likeness (QED) is 0.666. The van der Waals surface area contributed by atoms with E-state index in [2.05, 4.69) is 37.4 Å². The number of benzene rings is 2. The molecule has 2 amide bonds. The summed E-state index contributed by atoms with van der Waals surface area (Å²) in [6.07, 6.45) is 0.508. The molecule has 0 fully saturated rings. The second kappa shape index (κ2) is 11.0. The van der Waals surface area contributed by atoms with Gasteiger partial charge in [-0.25, -0.2) is 4.39 Å². The van der Waals surface area contributed by atoms with Crippen LogP contribution in [0.2, 0.25) is 0 Å². The second-order valence-electron chi connectivity index (χ2n) is 7.18. The average Bonchev–Trinajstić information content (AvgIpc) is 2.68. The molecule has 4 nitrogen and oxygen atoms in total. The summed E-state index contributed by atoms with van der Waals surface area (Å²) < 4.78 is 13.2. The Morgan fingerprint density at radius 2 is 1.69 bits per heavy atom. The zero-order valence-corrected chi connectivity index (χ0v) is 18.3. The summed E-state index contributed by atoms with van der Waals surface area (Å²) in [5, 5.41) is 2.64. The monoisotopic (exact) mass is 416 g/mol. The van der Waals surface area contributed by atoms with Crippen molar-refractivity contribution >= 4 is 23.6 Å². The van der Waals surface area contributed by atoms with E-state index in [4.69, 9.17) is 0 Å². The number of amides is 2. The molecule has 2 aromatic rings. The van der Waals surface area contributed by atoms with Crippen molar-refractivity contribution in [1.29, 1.82) is 0 Å². The maximum Gasteiger partial charge on any atom is 0.242 e. The molecular formula is C23H29FN2O2S. The Bertz CT molecular complexity index is 819. The van der Waals surface area contributed by atoms with Crippen molar-refractivity contribution in [2.24, 2.45) is 0 Å². The molecule has 2 rings (SSSR count). The fraction of sp³-hybridized carbons (Fsp3) is 0.391. The minimum Gasteiger partial charge on any atom is -0.357 e. The predicted molar refractivity (Wildman–Crippen MR) is 117 cm³/mol. The van der Waals surface area contributed by atoms with Crippen LogP contribution >= 0.6 is 11.8 Å². The summed E-state index contributed by atoms with van der Waals surface area (Å²) in [4.78, 5) is 26.9. The van der Waals surface area contributed by atoms with E-state index in [1.807, 2.05) is 6.92 Å². The molecule has 0 aromatic heterocycles. The molecule has 0 aliphatic heterocycles. The minimum absolute atomic E-state index is 0.0980. The zero-order chi connectivity index (χ0) is 21.4. The van der Waals surface area contributed by atoms with Crippen LogP contribution in [-0.4, -0.2) is 35.6 Å². The highest BCUT2D eigenvalue weighted by molar-refractivity contribution is 7.99. The molecule has 0 bridgehead atoms. The predicted octanol–water partition coefficient (Wildman–Crippen LogP) is 4.23. The van der Waals surface area contributed by atoms with Gasteiger partial charge in [-0.3, -0.25) is 9.59 Å². The fourth-order valence-electron chi connectivity index (χ4n) is 3.36. The van der Waals surface area contributed by atoms with Gasteiger partial charge in [-0.05, 0) is 43.5 Å². The van der Waals surface area contributed by atoms with Gasteiger partial charge in [-0.1, -0.05) is 48.4 Å². The molecule has 29 heavy (non-hydrogen) atoms. The SMILES string of the molecule is CC[C@@H](C(=O)NC)N(Cc1ccc(F)cc1)C(=O)CSCc1cc(C)cc(C)c1. The number of halogens is 1. The van der Waals surface area contributed by atoms with Crippen LogP contribution in [-0.2, 0) is 21.9 Å². The smallest absolute Gasteiger partial charge is 0.242 e. The molecule has 2 aromatic carbocycles. The van der Waals surface area contributed by atoms with Gasteiger partial charge in [-0.2, -0.15) is 0 Å². The molecule has 0 aliphatic rings. The first kappa shape index (κ1) is 22.9. The van der Waals surface area contributed by atoms with E-state index in [9.17, 15) is 14.0 Å². The molecule has 0 saturated carbocycles. The molecule has 156 valence electrons. The van der Waals surface area contributed by atoms with Crippen molar-refractivity contribution in [3.05, 3.63) is 70.5 Å². The third-order valence-electron chi connectivity index (χ3n) is 4.67. The second-order valence-corrected chi connectivity index (χ2v) is 8.16. The van der Waals surface area contributed by atoms with Gasteiger partial charge in [0.25, 0.3) is 0 Å². The molecule has 0 aliphatic carbocycles. The number of carbonyl (C=O) groups excluding carboxylic acids is 2. The van der Waals surface area contributed by atoms with Crippen molar-refractivity contribution in [2.75, 3.05) is 12.8 Å². The Balaban J connectivity index is 2.10. The highest BCUT2D eigenvalue weighted by Crippen LogP contribution is 2.19. The van der Waals surface area contributed by atoms with Crippen molar-refractivity contribution in [1.82, 2.24) is 10.2 Å². The Labute approximate surface area is 176 Å². The summed E-state index contributed by atoms with van der Waals surface area (Å²) in [5.41, 5.74) is 4.39. The van der Waals surface area contributed by atoms with E-state index in [1.54, 1.807) is 24.1 Å². The summed E-state index contributed by atoms with van der Waals surface area (Å²) in [6.45, 7) is 6.28. The van der Waals surface area contributed by atoms with Crippen LogP contribution in [0, 0.1) is 19.7 Å². The van der Waals surface area contributed by atoms with Crippen LogP contribution in [0.4, 0.5) is 4.39 Å². The molecule has 1 N–H and O–H groups in total. The first-order valence-electron chi connectivity index (χ1n) is 9.74. The third kappa shape index (κ3) is 6.89. The standard InChI is InChI=1S/C23H29FN2O2S/c1-5-21(23(28)25-4)26(13-18-6-8-20(24)9-7-18)22(27)15-29-14-19-11-16(2)10-17(3)12-19/h6-12,21H,5,13-15H2,1-4H3,(H,25,28)/t21-/m0/s1. The molecule has 0 saturated heterocycles. The van der Waals surface area contributed by atoms with Crippen LogP contribution in [0.25, 0.3) is 0 Å². The van der Waals surface area contributed by atoms with Crippen molar-refractivity contribution in [3.63, 3.8) is 0 Å². The maximum absolute atomic E-state index is 13.2. The van der Waals surface area contributed by atoms with E-state index in [1.165, 1.54) is 40.6 Å². The number of nitrogens with zero attached hydrogens (tertiary/aromatic N) is 1. The van der Waals surface area contributed by atoms with E-state index in [0.29, 0.717) is 6.42 Å². The molecule has 0 radical (unpaired) electrons. The van der Waals surface area contributed by atoms with E-state index >= 15 is 0 Å². The van der Waals surface area contributed by atoms with Gasteiger partial charge in [0.15, 0.2) is 0 Å². The number of carbonyl (C=O) groups is 2. The lowest BCUT2D eigenvalue weighted by molar-refractivity contribution is -0.139. The number of hydrogen-bond donors (Lipinski definition) is 1. The van der Waals surface area contributed by atoms with Gasteiger partial charge in [0, 0.05) is 19.3 Å². The van der Waals surface area contributed by atoms with Gasteiger partial charge in [0.2, 0.25) is 11.8 Å². The first-order chi connectivity index (χ1) is 13.8. The number of thioether (sulfide) groups is 1. The zero-order valence-electron chi connectivity index (χ0n) is 17.5. The fourth-order valence-corrected chi connectivity index (χ4v) is 4.21. The number of hydrogen-bond acceptors (Lipinski definition) is 3. The van der Waals surface area contributed by atoms with Gasteiger partial charge in [-0.15, -0.1) is 11.8 Å². The van der Waals surface area contributed by atoms with Gasteiger partial charge in [0.1, 0.15) is 11.9 Å². The lowest BCUT2D eigenvalue weighted by Crippen LogP contribution is -2.48. The number of rotatable bonds is 9. The van der Waals surface area contributed by atoms with Crippen molar-refractivity contribution < 1.29 is 14.0 Å². The number of nitrogens with one attached hydrogen (secondary N) is 1. The van der Waals surface area contributed by atoms with Crippen molar-refractivity contribution in [2.45, 2.75) is 45.5 Å². The van der Waals surface area contributed by atoms with Crippen LogP contribution in [0.3, 0.4) is 0 Å². The lowest BCUT2D eigenvalue weighted by Gasteiger charge is -2.30. The van der Waals surface area contributed by atoms with Crippen LogP contribution in [0.1, 0.15) is 35.6 Å². The highest BCUT2D eigenvalue weighted by atomic mass is 32.2. The minimum atomic E-state index is -0.556. The average molecular weight is 417 g/mol. The summed E-state index contributed by atoms with van der Waals surface area (Å²) in [6, 6.07) is 11.9. The topological polar surface area (TPSA) is 49.4 Å². The maximum atomic E-state index is 13.2. The summed E-state index contributed by atoms with van der Waals surface area (Å²) in [5.74, 6) is 0.396. The number of likely N-dealkylation sites (N-methyl/N-ethyl adjacent to an activating group) is 1. The lowest BCUT2D eigenvalue weighted by atomic mass is 10.1. The van der Waals surface area contributed by atoms with Crippen LogP contribution in [0.5, 0.6) is 0 Å². The number of aryl methyl sites for hydroxylation is 2. The molecule has 0 unspecified atom stereocenters. The Morgan fingerprint density at radius 3 is 2.24 bits per heavy atom. The normalized spacial score (nSPS) is 11.8. The van der Waals surface area contributed by atoms with E-state index < -0.39 is 6.04 Å². The summed E-state index contributed by atoms with van der Waals surface area (Å²) in [7, 11) is 1.57. The van der Waals surface area contributed by atoms with Crippen LogP contribution in [0.15, 0.2) is 42.5 Å². The molecule has 0 heterocycles. The van der Waals surface area contributed by atoms with Gasteiger partial charge in [0.05, 0.1) is 5.75 Å². The highest BCUT2D eigenvalue weighted by Gasteiger charge is 2.27. The van der Waals surface area contributed by atoms with Gasteiger partial charge >= 0.3 is 0 Å². The van der Waals surface area contributed by atoms with Crippen LogP contribution < -0.4 is 5.32 Å². The van der Waals surface area contributed by atoms with E-state index in [0.717, 1.165) is 11.3 Å². The van der Waals surface area contributed by atoms with Gasteiger partial charge < -0.3 is 10.2 Å². The largest absolute Gasteiger partial charge is 0.357 e. The van der Waals surface area contributed by atoms with Crippen molar-refractivity contribution in [3.8, 4) is 0 Å². The third-order valence-corrected chi connectivity index (χ3v) is 5.66. The Morgan fingerprint density at radius 1 is 1.07 bits per heavy atom. The molecule has 1 atom stereocenters. The summed E-state index contributed by atoms with van der Waals surface area (Å²) >= 11 is 1.54. The molecular weight excluding hydrogens is 387 g/mol. The van der Waals surface area contributed by atoms with E-state index in [-0.39, 0.29) is 29.9 Å². The molecule has 6 heteroatoms. The Kier molecular flexibility index (Phi) is 8.70.